The van der Waals surface area contributed by atoms with E-state index < -0.39 is 10.8 Å². The number of anilines is 1. The second-order valence-corrected chi connectivity index (χ2v) is 9.17. The van der Waals surface area contributed by atoms with Crippen LogP contribution in [0, 0.1) is 17.1 Å². The van der Waals surface area contributed by atoms with Gasteiger partial charge in [-0.2, -0.15) is 5.26 Å². The average molecular weight is 457 g/mol. The quantitative estimate of drug-likeness (QED) is 0.528. The largest absolute Gasteiger partial charge is 0.326 e. The van der Waals surface area contributed by atoms with Crippen molar-refractivity contribution < 1.29 is 13.4 Å². The van der Waals surface area contributed by atoms with Crippen molar-refractivity contribution in [3.05, 3.63) is 100 Å². The summed E-state index contributed by atoms with van der Waals surface area (Å²) < 4.78 is 25.8. The monoisotopic (exact) mass is 456 g/mol. The van der Waals surface area contributed by atoms with Crippen LogP contribution in [0.5, 0.6) is 0 Å². The summed E-state index contributed by atoms with van der Waals surface area (Å²) in [4.78, 5) is 13.5. The fourth-order valence-corrected chi connectivity index (χ4v) is 4.42. The number of nitrogens with one attached hydrogen (secondary N) is 1. The van der Waals surface area contributed by atoms with Crippen molar-refractivity contribution in [1.29, 1.82) is 5.26 Å². The third-order valence-corrected chi connectivity index (χ3v) is 6.55. The molecule has 1 atom stereocenters. The van der Waals surface area contributed by atoms with Crippen LogP contribution in [0.2, 0.25) is 0 Å². The highest BCUT2D eigenvalue weighted by molar-refractivity contribution is 7.84. The van der Waals surface area contributed by atoms with Gasteiger partial charge in [0, 0.05) is 27.6 Å². The predicted molar refractivity (Wildman–Crippen MR) is 130 cm³/mol. The molecule has 0 aliphatic heterocycles. The van der Waals surface area contributed by atoms with Crippen LogP contribution >= 0.6 is 0 Å². The molecule has 1 unspecified atom stereocenters. The molecule has 0 fully saturated rings. The van der Waals surface area contributed by atoms with Crippen LogP contribution in [-0.2, 0) is 15.6 Å². The first-order valence-electron chi connectivity index (χ1n) is 10.3. The minimum atomic E-state index is -1.05. The molecule has 0 saturated heterocycles. The number of carbonyl (C=O) groups excluding carboxylic acids is 1. The van der Waals surface area contributed by atoms with E-state index in [-0.39, 0.29) is 18.1 Å². The Labute approximate surface area is 194 Å². The lowest BCUT2D eigenvalue weighted by molar-refractivity contribution is -0.115. The molecular weight excluding hydrogens is 435 g/mol. The Hall–Kier alpha value is -3.82. The Balaban J connectivity index is 1.65. The molecule has 6 heteroatoms. The Morgan fingerprint density at radius 2 is 1.76 bits per heavy atom. The molecule has 1 aliphatic carbocycles. The van der Waals surface area contributed by atoms with Crippen molar-refractivity contribution in [2.75, 3.05) is 11.6 Å². The molecule has 33 heavy (non-hydrogen) atoms. The molecule has 1 amide bonds. The fraction of sp³-hybridized carbons (Fsp3) is 0.111. The number of allylic oxidation sites excluding steroid dienone is 2. The number of rotatable bonds is 5. The Morgan fingerprint density at radius 3 is 2.39 bits per heavy atom. The van der Waals surface area contributed by atoms with E-state index in [0.29, 0.717) is 16.8 Å². The third kappa shape index (κ3) is 4.84. The maximum Gasteiger partial charge on any atom is 0.228 e. The van der Waals surface area contributed by atoms with Gasteiger partial charge in [-0.1, -0.05) is 18.2 Å². The van der Waals surface area contributed by atoms with Gasteiger partial charge in [-0.3, -0.25) is 9.00 Å². The maximum atomic E-state index is 14.1. The number of fused-ring (bicyclic) bond motifs is 1. The molecule has 164 valence electrons. The van der Waals surface area contributed by atoms with Crippen LogP contribution in [0.3, 0.4) is 0 Å². The zero-order valence-electron chi connectivity index (χ0n) is 18.2. The molecule has 3 aromatic rings. The second-order valence-electron chi connectivity index (χ2n) is 7.79. The lowest BCUT2D eigenvalue weighted by Gasteiger charge is -2.08. The van der Waals surface area contributed by atoms with E-state index >= 15 is 0 Å². The second kappa shape index (κ2) is 9.35. The summed E-state index contributed by atoms with van der Waals surface area (Å²) in [6.45, 7) is 1.93. The zero-order chi connectivity index (χ0) is 23.5. The van der Waals surface area contributed by atoms with Crippen LogP contribution in [0.15, 0.2) is 77.2 Å². The normalized spacial score (nSPS) is 14.7. The Morgan fingerprint density at radius 1 is 1.06 bits per heavy atom. The van der Waals surface area contributed by atoms with Gasteiger partial charge in [0.1, 0.15) is 5.82 Å². The minimum absolute atomic E-state index is 0.0907. The first-order valence-corrected chi connectivity index (χ1v) is 11.9. The molecule has 0 heterocycles. The molecule has 0 bridgehead atoms. The third-order valence-electron chi connectivity index (χ3n) is 5.61. The van der Waals surface area contributed by atoms with E-state index in [1.165, 1.54) is 12.1 Å². The van der Waals surface area contributed by atoms with Crippen molar-refractivity contribution in [2.24, 2.45) is 0 Å². The summed E-state index contributed by atoms with van der Waals surface area (Å²) in [5.41, 5.74) is 6.23. The van der Waals surface area contributed by atoms with E-state index in [2.05, 4.69) is 5.32 Å². The van der Waals surface area contributed by atoms with Gasteiger partial charge in [-0.15, -0.1) is 0 Å². The molecular formula is C27H21FN2O2S. The first-order chi connectivity index (χ1) is 15.9. The van der Waals surface area contributed by atoms with E-state index in [4.69, 9.17) is 5.26 Å². The summed E-state index contributed by atoms with van der Waals surface area (Å²) in [5, 5.41) is 11.8. The summed E-state index contributed by atoms with van der Waals surface area (Å²) in [6, 6.07) is 20.8. The highest BCUT2D eigenvalue weighted by Gasteiger charge is 2.25. The predicted octanol–water partition coefficient (Wildman–Crippen LogP) is 5.79. The summed E-state index contributed by atoms with van der Waals surface area (Å²) in [6.07, 6.45) is 3.73. The van der Waals surface area contributed by atoms with Crippen LogP contribution in [0.4, 0.5) is 10.1 Å². The highest BCUT2D eigenvalue weighted by atomic mass is 32.2. The molecule has 4 nitrogen and oxygen atoms in total. The van der Waals surface area contributed by atoms with Crippen molar-refractivity contribution >= 4 is 39.6 Å². The molecule has 1 aliphatic rings. The topological polar surface area (TPSA) is 70.0 Å². The highest BCUT2D eigenvalue weighted by Crippen LogP contribution is 2.44. The summed E-state index contributed by atoms with van der Waals surface area (Å²) in [5.74, 6) is -0.581. The SMILES string of the molecule is CC1=C(CC(=O)Nc2ccc(C#N)cc2)c2cc(F)ccc2/C1=C\c1ccc(S(C)=O)cc1. The Kier molecular flexibility index (Phi) is 6.34. The number of hydrogen-bond donors (Lipinski definition) is 1. The van der Waals surface area contributed by atoms with Crippen LogP contribution in [-0.4, -0.2) is 16.4 Å². The van der Waals surface area contributed by atoms with Crippen molar-refractivity contribution in [3.8, 4) is 6.07 Å². The van der Waals surface area contributed by atoms with Gasteiger partial charge in [-0.05, 0) is 94.9 Å². The average Bonchev–Trinajstić information content (AvgIpc) is 3.05. The molecule has 0 saturated carbocycles. The Bertz CT molecular complexity index is 1360. The molecule has 0 radical (unpaired) electrons. The number of benzene rings is 3. The van der Waals surface area contributed by atoms with Gasteiger partial charge in [-0.25, -0.2) is 4.39 Å². The number of nitriles is 1. The minimum Gasteiger partial charge on any atom is -0.326 e. The fourth-order valence-electron chi connectivity index (χ4n) is 3.90. The van der Waals surface area contributed by atoms with Crippen molar-refractivity contribution in [3.63, 3.8) is 0 Å². The molecule has 0 spiro atoms. The molecule has 4 rings (SSSR count). The lowest BCUT2D eigenvalue weighted by Crippen LogP contribution is -2.12. The van der Waals surface area contributed by atoms with E-state index in [9.17, 15) is 13.4 Å². The molecule has 1 N–H and O–H groups in total. The number of nitrogens with zero attached hydrogens (tertiary/aromatic N) is 1. The maximum absolute atomic E-state index is 14.1. The molecule has 3 aromatic carbocycles. The van der Waals surface area contributed by atoms with Crippen LogP contribution in [0.1, 0.15) is 35.6 Å². The van der Waals surface area contributed by atoms with Crippen LogP contribution < -0.4 is 5.32 Å². The van der Waals surface area contributed by atoms with E-state index in [0.717, 1.165) is 32.7 Å². The van der Waals surface area contributed by atoms with Gasteiger partial charge in [0.05, 0.1) is 18.1 Å². The van der Waals surface area contributed by atoms with Gasteiger partial charge in [0.15, 0.2) is 0 Å². The van der Waals surface area contributed by atoms with Crippen molar-refractivity contribution in [2.45, 2.75) is 18.2 Å². The number of amides is 1. The lowest BCUT2D eigenvalue weighted by atomic mass is 10.0. The van der Waals surface area contributed by atoms with E-state index in [1.54, 1.807) is 36.6 Å². The zero-order valence-corrected chi connectivity index (χ0v) is 19.0. The smallest absolute Gasteiger partial charge is 0.228 e. The van der Waals surface area contributed by atoms with Gasteiger partial charge < -0.3 is 5.32 Å². The van der Waals surface area contributed by atoms with E-state index in [1.807, 2.05) is 43.3 Å². The van der Waals surface area contributed by atoms with Crippen LogP contribution in [0.25, 0.3) is 17.2 Å². The summed E-state index contributed by atoms with van der Waals surface area (Å²) in [7, 11) is -1.05. The number of hydrogen-bond acceptors (Lipinski definition) is 3. The molecule has 0 aromatic heterocycles. The number of halogens is 1. The first kappa shape index (κ1) is 22.4. The van der Waals surface area contributed by atoms with Crippen molar-refractivity contribution in [1.82, 2.24) is 0 Å². The van der Waals surface area contributed by atoms with Gasteiger partial charge >= 0.3 is 0 Å². The summed E-state index contributed by atoms with van der Waals surface area (Å²) >= 11 is 0. The van der Waals surface area contributed by atoms with Gasteiger partial charge in [0.2, 0.25) is 5.91 Å². The number of carbonyl (C=O) groups is 1. The standard InChI is InChI=1S/C27H21FN2O2S/c1-17-24(13-18-5-10-22(11-6-18)33(2)32)23-12-7-20(28)14-26(23)25(17)15-27(31)30-21-8-3-19(16-29)4-9-21/h3-14H,15H2,1-2H3,(H,30,31)/b24-13-. The van der Waals surface area contributed by atoms with Gasteiger partial charge in [0.25, 0.3) is 0 Å².